The molecule has 0 aromatic heterocycles. The van der Waals surface area contributed by atoms with Gasteiger partial charge in [-0.3, -0.25) is 9.59 Å². The average Bonchev–Trinajstić information content (AvgIpc) is 3.06. The number of amides is 2. The molecule has 31 heavy (non-hydrogen) atoms. The third-order valence-electron chi connectivity index (χ3n) is 6.92. The first-order valence-corrected chi connectivity index (χ1v) is 11.4. The Hall–Kier alpha value is -2.92. The summed E-state index contributed by atoms with van der Waals surface area (Å²) in [5, 5.41) is 0. The van der Waals surface area contributed by atoms with Crippen LogP contribution in [0.15, 0.2) is 72.8 Å². The minimum atomic E-state index is -0.734. The Balaban J connectivity index is 1.59. The second-order valence-corrected chi connectivity index (χ2v) is 9.53. The van der Waals surface area contributed by atoms with Gasteiger partial charge in [0.2, 0.25) is 11.8 Å². The summed E-state index contributed by atoms with van der Waals surface area (Å²) in [6.07, 6.45) is 0. The number of para-hydroxylation sites is 2. The van der Waals surface area contributed by atoms with Gasteiger partial charge in [0.15, 0.2) is 0 Å². The van der Waals surface area contributed by atoms with Crippen LogP contribution in [-0.2, 0) is 13.9 Å². The van der Waals surface area contributed by atoms with Crippen molar-refractivity contribution >= 4 is 33.4 Å². The molecule has 1 heterocycles. The van der Waals surface area contributed by atoms with Gasteiger partial charge in [0.05, 0.1) is 28.5 Å². The highest BCUT2D eigenvalue weighted by atomic mass is 79.9. The van der Waals surface area contributed by atoms with Gasteiger partial charge in [0, 0.05) is 5.92 Å². The third kappa shape index (κ3) is 2.25. The van der Waals surface area contributed by atoms with Crippen LogP contribution in [0.2, 0.25) is 0 Å². The smallest absolute Gasteiger partial charge is 0.239 e. The molecule has 2 amide bonds. The van der Waals surface area contributed by atoms with E-state index < -0.39 is 16.2 Å². The number of carbonyl (C=O) groups excluding carboxylic acids is 2. The van der Waals surface area contributed by atoms with Crippen molar-refractivity contribution in [2.45, 2.75) is 17.2 Å². The highest BCUT2D eigenvalue weighted by Gasteiger charge is 2.67. The third-order valence-corrected chi connectivity index (χ3v) is 8.27. The molecule has 2 unspecified atom stereocenters. The lowest BCUT2D eigenvalue weighted by Crippen LogP contribution is -2.50. The minimum Gasteiger partial charge on any atom is -0.492 e. The second kappa shape index (κ2) is 6.54. The van der Waals surface area contributed by atoms with E-state index in [0.717, 1.165) is 22.3 Å². The van der Waals surface area contributed by atoms with Gasteiger partial charge >= 0.3 is 0 Å². The summed E-state index contributed by atoms with van der Waals surface area (Å²) in [6.45, 7) is 2.35. The van der Waals surface area contributed by atoms with Crippen LogP contribution < -0.4 is 9.64 Å². The minimum absolute atomic E-state index is 0.141. The van der Waals surface area contributed by atoms with Crippen LogP contribution in [0.4, 0.5) is 5.69 Å². The normalized spacial score (nSPS) is 27.7. The summed E-state index contributed by atoms with van der Waals surface area (Å²) < 4.78 is 5.03. The molecule has 2 bridgehead atoms. The average molecular weight is 474 g/mol. The van der Waals surface area contributed by atoms with Crippen molar-refractivity contribution < 1.29 is 14.3 Å². The molecule has 3 aliphatic carbocycles. The Bertz CT molecular complexity index is 1210. The van der Waals surface area contributed by atoms with Crippen molar-refractivity contribution in [3.05, 3.63) is 95.1 Å². The first kappa shape index (κ1) is 18.8. The molecule has 0 spiro atoms. The number of benzene rings is 3. The van der Waals surface area contributed by atoms with Gasteiger partial charge in [0.25, 0.3) is 0 Å². The molecule has 0 radical (unpaired) electrons. The molecule has 3 aromatic rings. The fourth-order valence-corrected chi connectivity index (χ4v) is 7.04. The molecular formula is C26H20BrNO3. The van der Waals surface area contributed by atoms with Crippen LogP contribution in [0.3, 0.4) is 0 Å². The first-order valence-electron chi connectivity index (χ1n) is 10.6. The van der Waals surface area contributed by atoms with E-state index in [1.165, 1.54) is 4.90 Å². The van der Waals surface area contributed by atoms with Crippen molar-refractivity contribution in [2.24, 2.45) is 11.8 Å². The van der Waals surface area contributed by atoms with E-state index in [2.05, 4.69) is 40.2 Å². The van der Waals surface area contributed by atoms with Crippen molar-refractivity contribution in [2.75, 3.05) is 11.5 Å². The number of hydrogen-bond donors (Lipinski definition) is 0. The van der Waals surface area contributed by atoms with E-state index in [1.807, 2.05) is 49.4 Å². The predicted octanol–water partition coefficient (Wildman–Crippen LogP) is 4.99. The Morgan fingerprint density at radius 1 is 0.871 bits per heavy atom. The summed E-state index contributed by atoms with van der Waals surface area (Å²) in [5.41, 5.74) is 4.94. The van der Waals surface area contributed by atoms with E-state index in [9.17, 15) is 9.59 Å². The van der Waals surface area contributed by atoms with Crippen LogP contribution in [0.1, 0.15) is 35.1 Å². The Morgan fingerprint density at radius 3 is 2.10 bits per heavy atom. The topological polar surface area (TPSA) is 46.6 Å². The van der Waals surface area contributed by atoms with E-state index in [1.54, 1.807) is 6.07 Å². The molecule has 4 aliphatic rings. The highest BCUT2D eigenvalue weighted by Crippen LogP contribution is 2.66. The van der Waals surface area contributed by atoms with Crippen LogP contribution >= 0.6 is 15.9 Å². The van der Waals surface area contributed by atoms with Gasteiger partial charge in [-0.2, -0.15) is 0 Å². The van der Waals surface area contributed by atoms with Gasteiger partial charge in [-0.15, -0.1) is 0 Å². The maximum Gasteiger partial charge on any atom is 0.239 e. The number of rotatable bonds is 3. The molecule has 1 aliphatic heterocycles. The number of hydrogen-bond acceptors (Lipinski definition) is 3. The maximum absolute atomic E-state index is 13.9. The van der Waals surface area contributed by atoms with Gasteiger partial charge in [-0.25, -0.2) is 4.90 Å². The number of ether oxygens (including phenoxy) is 1. The summed E-state index contributed by atoms with van der Waals surface area (Å²) in [7, 11) is 0. The van der Waals surface area contributed by atoms with E-state index in [4.69, 9.17) is 4.74 Å². The molecule has 0 saturated carbocycles. The number of imide groups is 1. The predicted molar refractivity (Wildman–Crippen MR) is 122 cm³/mol. The number of carbonyl (C=O) groups is 2. The number of alkyl halides is 1. The van der Waals surface area contributed by atoms with Crippen LogP contribution in [-0.4, -0.2) is 18.4 Å². The van der Waals surface area contributed by atoms with Crippen molar-refractivity contribution in [3.63, 3.8) is 0 Å². The quantitative estimate of drug-likeness (QED) is 0.397. The number of halogens is 1. The maximum atomic E-state index is 13.9. The largest absolute Gasteiger partial charge is 0.492 e. The Labute approximate surface area is 189 Å². The zero-order chi connectivity index (χ0) is 21.3. The molecule has 1 saturated heterocycles. The van der Waals surface area contributed by atoms with Gasteiger partial charge in [0.1, 0.15) is 5.75 Å². The summed E-state index contributed by atoms with van der Waals surface area (Å²) in [6, 6.07) is 23.7. The van der Waals surface area contributed by atoms with Gasteiger partial charge < -0.3 is 4.74 Å². The van der Waals surface area contributed by atoms with E-state index in [-0.39, 0.29) is 17.7 Å². The molecule has 2 atom stereocenters. The van der Waals surface area contributed by atoms with Crippen molar-refractivity contribution in [1.29, 1.82) is 0 Å². The van der Waals surface area contributed by atoms with E-state index in [0.29, 0.717) is 18.0 Å². The van der Waals surface area contributed by atoms with Gasteiger partial charge in [-0.05, 0) is 41.3 Å². The van der Waals surface area contributed by atoms with Crippen LogP contribution in [0, 0.1) is 11.8 Å². The SMILES string of the molecule is CCOc1ccccc1N1C(=O)C2C3c4ccccc4C(Br)(c4ccccc43)C2C1=O. The highest BCUT2D eigenvalue weighted by molar-refractivity contribution is 9.09. The first-order chi connectivity index (χ1) is 15.1. The zero-order valence-corrected chi connectivity index (χ0v) is 18.5. The summed E-state index contributed by atoms with van der Waals surface area (Å²) in [4.78, 5) is 29.2. The van der Waals surface area contributed by atoms with Crippen molar-refractivity contribution in [1.82, 2.24) is 0 Å². The lowest BCUT2D eigenvalue weighted by molar-refractivity contribution is -0.122. The zero-order valence-electron chi connectivity index (χ0n) is 16.9. The lowest BCUT2D eigenvalue weighted by Gasteiger charge is -2.51. The standard InChI is InChI=1S/C26H20BrNO3/c1-2-31-20-14-8-7-13-19(20)28-24(29)22-21-15-9-3-5-11-17(15)26(27,23(22)25(28)30)18-12-6-4-10-16(18)21/h3-14,21-23H,2H2,1H3. The molecule has 4 nitrogen and oxygen atoms in total. The van der Waals surface area contributed by atoms with Crippen LogP contribution in [0.5, 0.6) is 5.75 Å². The molecule has 154 valence electrons. The van der Waals surface area contributed by atoms with Gasteiger partial charge in [-0.1, -0.05) is 76.6 Å². The fraction of sp³-hybridized carbons (Fsp3) is 0.231. The molecule has 1 fully saturated rings. The molecule has 5 heteroatoms. The van der Waals surface area contributed by atoms with E-state index >= 15 is 0 Å². The van der Waals surface area contributed by atoms with Crippen molar-refractivity contribution in [3.8, 4) is 5.75 Å². The Kier molecular flexibility index (Phi) is 3.97. The number of anilines is 1. The lowest BCUT2D eigenvalue weighted by atomic mass is 9.55. The molecular weight excluding hydrogens is 454 g/mol. The second-order valence-electron chi connectivity index (χ2n) is 8.28. The molecule has 0 N–H and O–H groups in total. The molecule has 3 aromatic carbocycles. The fourth-order valence-electron chi connectivity index (χ4n) is 5.84. The summed E-state index contributed by atoms with van der Waals surface area (Å²) in [5.74, 6) is -0.877. The number of nitrogens with zero attached hydrogens (tertiary/aromatic N) is 1. The Morgan fingerprint density at radius 2 is 1.45 bits per heavy atom. The summed E-state index contributed by atoms with van der Waals surface area (Å²) >= 11 is 4.02. The molecule has 7 rings (SSSR count). The van der Waals surface area contributed by atoms with Crippen LogP contribution in [0.25, 0.3) is 0 Å². The monoisotopic (exact) mass is 473 g/mol.